The summed E-state index contributed by atoms with van der Waals surface area (Å²) in [6.45, 7) is 6.01. The molecule has 0 aliphatic heterocycles. The van der Waals surface area contributed by atoms with Gasteiger partial charge in [0.1, 0.15) is 6.10 Å². The zero-order valence-electron chi connectivity index (χ0n) is 15.8. The summed E-state index contributed by atoms with van der Waals surface area (Å²) in [7, 11) is 0. The number of benzene rings is 1. The first kappa shape index (κ1) is 20.8. The van der Waals surface area contributed by atoms with Crippen LogP contribution in [-0.2, 0) is 11.2 Å². The highest BCUT2D eigenvalue weighted by Crippen LogP contribution is 2.16. The number of ether oxygens (including phenoxy) is 1. The third-order valence-corrected chi connectivity index (χ3v) is 4.72. The Morgan fingerprint density at radius 2 is 1.38 bits per heavy atom. The lowest BCUT2D eigenvalue weighted by Crippen LogP contribution is -2.13. The van der Waals surface area contributed by atoms with Crippen LogP contribution in [0.1, 0.15) is 89.5 Å². The smallest absolute Gasteiger partial charge is 0.102 e. The summed E-state index contributed by atoms with van der Waals surface area (Å²) in [5.41, 5.74) is 1.35. The molecule has 0 aliphatic carbocycles. The van der Waals surface area contributed by atoms with Crippen LogP contribution < -0.4 is 0 Å². The van der Waals surface area contributed by atoms with Gasteiger partial charge in [0.2, 0.25) is 0 Å². The Hall–Kier alpha value is -1.24. The predicted octanol–water partition coefficient (Wildman–Crippen LogP) is 7.46. The SMILES string of the molecule is C=COC(CCCCCCCCCCCCC)Cc1ccccc1. The van der Waals surface area contributed by atoms with E-state index in [4.69, 9.17) is 4.74 Å². The van der Waals surface area contributed by atoms with E-state index in [1.807, 2.05) is 0 Å². The van der Waals surface area contributed by atoms with E-state index >= 15 is 0 Å². The molecule has 24 heavy (non-hydrogen) atoms. The maximum atomic E-state index is 5.70. The summed E-state index contributed by atoms with van der Waals surface area (Å²) >= 11 is 0. The predicted molar refractivity (Wildman–Crippen MR) is 106 cm³/mol. The van der Waals surface area contributed by atoms with E-state index in [-0.39, 0.29) is 6.10 Å². The van der Waals surface area contributed by atoms with E-state index in [0.29, 0.717) is 0 Å². The van der Waals surface area contributed by atoms with Crippen molar-refractivity contribution in [1.82, 2.24) is 0 Å². The average Bonchev–Trinajstić information content (AvgIpc) is 2.60. The van der Waals surface area contributed by atoms with Gasteiger partial charge in [0.25, 0.3) is 0 Å². The summed E-state index contributed by atoms with van der Waals surface area (Å²) in [4.78, 5) is 0. The Morgan fingerprint density at radius 1 is 0.833 bits per heavy atom. The zero-order valence-corrected chi connectivity index (χ0v) is 15.8. The van der Waals surface area contributed by atoms with Gasteiger partial charge >= 0.3 is 0 Å². The fourth-order valence-electron chi connectivity index (χ4n) is 3.27. The van der Waals surface area contributed by atoms with Crippen LogP contribution in [0.2, 0.25) is 0 Å². The van der Waals surface area contributed by atoms with Gasteiger partial charge in [-0.15, -0.1) is 0 Å². The van der Waals surface area contributed by atoms with Gasteiger partial charge in [-0.3, -0.25) is 0 Å². The first-order valence-electron chi connectivity index (χ1n) is 10.2. The highest BCUT2D eigenvalue weighted by atomic mass is 16.5. The van der Waals surface area contributed by atoms with Gasteiger partial charge in [-0.2, -0.15) is 0 Å². The summed E-state index contributed by atoms with van der Waals surface area (Å²) in [6, 6.07) is 10.6. The van der Waals surface area contributed by atoms with Gasteiger partial charge in [0.15, 0.2) is 0 Å². The van der Waals surface area contributed by atoms with Crippen LogP contribution in [0.15, 0.2) is 43.2 Å². The first-order chi connectivity index (χ1) is 11.9. The lowest BCUT2D eigenvalue weighted by molar-refractivity contribution is 0.133. The molecule has 0 aliphatic rings. The van der Waals surface area contributed by atoms with E-state index in [0.717, 1.165) is 12.8 Å². The second-order valence-electron chi connectivity index (χ2n) is 6.94. The van der Waals surface area contributed by atoms with Crippen LogP contribution in [0, 0.1) is 0 Å². The molecule has 0 fully saturated rings. The average molecular weight is 331 g/mol. The van der Waals surface area contributed by atoms with Crippen molar-refractivity contribution in [2.75, 3.05) is 0 Å². The second-order valence-corrected chi connectivity index (χ2v) is 6.94. The molecule has 1 aromatic rings. The molecule has 0 amide bonds. The molecule has 0 aromatic heterocycles. The van der Waals surface area contributed by atoms with E-state index in [2.05, 4.69) is 43.8 Å². The molecule has 136 valence electrons. The Balaban J connectivity index is 2.00. The van der Waals surface area contributed by atoms with Crippen molar-refractivity contribution in [3.8, 4) is 0 Å². The van der Waals surface area contributed by atoms with Crippen molar-refractivity contribution in [1.29, 1.82) is 0 Å². The van der Waals surface area contributed by atoms with Crippen LogP contribution in [0.5, 0.6) is 0 Å². The molecule has 1 rings (SSSR count). The minimum atomic E-state index is 0.281. The topological polar surface area (TPSA) is 9.23 Å². The van der Waals surface area contributed by atoms with Crippen LogP contribution >= 0.6 is 0 Å². The Morgan fingerprint density at radius 3 is 1.92 bits per heavy atom. The maximum Gasteiger partial charge on any atom is 0.102 e. The molecule has 0 heterocycles. The molecule has 1 unspecified atom stereocenters. The molecule has 0 N–H and O–H groups in total. The second kappa shape index (κ2) is 15.3. The normalized spacial score (nSPS) is 12.0. The summed E-state index contributed by atoms with van der Waals surface area (Å²) in [5, 5.41) is 0. The van der Waals surface area contributed by atoms with Gasteiger partial charge in [0, 0.05) is 6.42 Å². The molecular weight excluding hydrogens is 292 g/mol. The highest BCUT2D eigenvalue weighted by molar-refractivity contribution is 5.15. The lowest BCUT2D eigenvalue weighted by Gasteiger charge is -2.16. The quantitative estimate of drug-likeness (QED) is 0.226. The standard InChI is InChI=1S/C23H38O/c1-3-5-6-7-8-9-10-11-12-13-17-20-23(24-4-2)21-22-18-15-14-16-19-22/h4,14-16,18-19,23H,2-3,5-13,17,20-21H2,1H3. The summed E-state index contributed by atoms with van der Waals surface area (Å²) < 4.78 is 5.70. The number of hydrogen-bond acceptors (Lipinski definition) is 1. The molecule has 0 bridgehead atoms. The molecule has 0 radical (unpaired) electrons. The number of hydrogen-bond donors (Lipinski definition) is 0. The van der Waals surface area contributed by atoms with E-state index in [1.54, 1.807) is 6.26 Å². The van der Waals surface area contributed by atoms with Crippen molar-refractivity contribution in [3.63, 3.8) is 0 Å². The van der Waals surface area contributed by atoms with Gasteiger partial charge < -0.3 is 4.74 Å². The maximum absolute atomic E-state index is 5.70. The van der Waals surface area contributed by atoms with Gasteiger partial charge in [-0.25, -0.2) is 0 Å². The molecule has 1 heteroatoms. The minimum absolute atomic E-state index is 0.281. The molecular formula is C23H38O. The summed E-state index contributed by atoms with van der Waals surface area (Å²) in [5.74, 6) is 0. The van der Waals surface area contributed by atoms with Gasteiger partial charge in [-0.05, 0) is 18.4 Å². The molecule has 1 nitrogen and oxygen atoms in total. The molecule has 0 saturated heterocycles. The molecule has 0 saturated carbocycles. The number of rotatable bonds is 16. The number of unbranched alkanes of at least 4 members (excludes halogenated alkanes) is 10. The highest BCUT2D eigenvalue weighted by Gasteiger charge is 2.09. The van der Waals surface area contributed by atoms with E-state index in [1.165, 1.54) is 76.2 Å². The Kier molecular flexibility index (Phi) is 13.3. The fourth-order valence-corrected chi connectivity index (χ4v) is 3.27. The largest absolute Gasteiger partial charge is 0.498 e. The third kappa shape index (κ3) is 11.3. The van der Waals surface area contributed by atoms with Crippen LogP contribution in [0.4, 0.5) is 0 Å². The monoisotopic (exact) mass is 330 g/mol. The van der Waals surface area contributed by atoms with Crippen LogP contribution in [-0.4, -0.2) is 6.10 Å². The van der Waals surface area contributed by atoms with Crippen molar-refractivity contribution in [2.45, 2.75) is 96.5 Å². The van der Waals surface area contributed by atoms with Crippen molar-refractivity contribution >= 4 is 0 Å². The van der Waals surface area contributed by atoms with Crippen LogP contribution in [0.25, 0.3) is 0 Å². The Labute approximate surface area is 150 Å². The van der Waals surface area contributed by atoms with Crippen molar-refractivity contribution < 1.29 is 4.74 Å². The van der Waals surface area contributed by atoms with E-state index < -0.39 is 0 Å². The third-order valence-electron chi connectivity index (χ3n) is 4.72. The molecule has 1 atom stereocenters. The van der Waals surface area contributed by atoms with Crippen molar-refractivity contribution in [3.05, 3.63) is 48.7 Å². The van der Waals surface area contributed by atoms with Gasteiger partial charge in [0.05, 0.1) is 6.26 Å². The minimum Gasteiger partial charge on any atom is -0.498 e. The van der Waals surface area contributed by atoms with Crippen LogP contribution in [0.3, 0.4) is 0 Å². The van der Waals surface area contributed by atoms with Gasteiger partial charge in [-0.1, -0.05) is 108 Å². The first-order valence-corrected chi connectivity index (χ1v) is 10.2. The Bertz CT molecular complexity index is 384. The molecule has 0 spiro atoms. The zero-order chi connectivity index (χ0) is 17.3. The summed E-state index contributed by atoms with van der Waals surface area (Å²) in [6.07, 6.45) is 19.3. The van der Waals surface area contributed by atoms with Crippen molar-refractivity contribution in [2.24, 2.45) is 0 Å². The van der Waals surface area contributed by atoms with E-state index in [9.17, 15) is 0 Å². The lowest BCUT2D eigenvalue weighted by atomic mass is 10.0. The fraction of sp³-hybridized carbons (Fsp3) is 0.652. The molecule has 1 aromatic carbocycles.